The van der Waals surface area contributed by atoms with Crippen LogP contribution in [0.4, 0.5) is 8.78 Å². The number of aryl methyl sites for hydroxylation is 1. The van der Waals surface area contributed by atoms with E-state index in [1.165, 1.54) is 17.9 Å². The first-order valence-electron chi connectivity index (χ1n) is 4.94. The van der Waals surface area contributed by atoms with Crippen molar-refractivity contribution >= 4 is 0 Å². The molecule has 1 heterocycles. The van der Waals surface area contributed by atoms with Gasteiger partial charge in [-0.3, -0.25) is 4.68 Å². The Morgan fingerprint density at radius 3 is 2.29 bits per heavy atom. The Morgan fingerprint density at radius 1 is 1.24 bits per heavy atom. The highest BCUT2D eigenvalue weighted by atomic mass is 19.1. The van der Waals surface area contributed by atoms with Crippen LogP contribution in [0.15, 0.2) is 24.5 Å². The fourth-order valence-electron chi connectivity index (χ4n) is 1.70. The van der Waals surface area contributed by atoms with Gasteiger partial charge in [0.25, 0.3) is 0 Å². The molecule has 1 unspecified atom stereocenters. The molecule has 0 aliphatic carbocycles. The normalized spacial score (nSPS) is 14.6. The molecule has 0 saturated heterocycles. The van der Waals surface area contributed by atoms with Gasteiger partial charge in [-0.15, -0.1) is 0 Å². The molecule has 1 N–H and O–H groups in total. The van der Waals surface area contributed by atoms with E-state index in [-0.39, 0.29) is 11.4 Å². The standard InChI is InChI=1S/C11H11F2N3O/c1-11(17,10-14-6-15-16(10)2)7-3-8(12)5-9(13)4-7/h3-6,17H,1-2H3. The van der Waals surface area contributed by atoms with Gasteiger partial charge in [0.1, 0.15) is 23.6 Å². The van der Waals surface area contributed by atoms with Crippen molar-refractivity contribution in [2.75, 3.05) is 0 Å². The van der Waals surface area contributed by atoms with Crippen molar-refractivity contribution in [1.82, 2.24) is 14.8 Å². The van der Waals surface area contributed by atoms with Crippen molar-refractivity contribution in [1.29, 1.82) is 0 Å². The summed E-state index contributed by atoms with van der Waals surface area (Å²) in [5.41, 5.74) is -1.51. The third kappa shape index (κ3) is 2.03. The van der Waals surface area contributed by atoms with Crippen LogP contribution in [-0.4, -0.2) is 19.9 Å². The number of aromatic nitrogens is 3. The maximum Gasteiger partial charge on any atom is 0.162 e. The minimum absolute atomic E-state index is 0.0890. The quantitative estimate of drug-likeness (QED) is 0.860. The molecular formula is C11H11F2N3O. The molecular weight excluding hydrogens is 228 g/mol. The van der Waals surface area contributed by atoms with E-state index in [0.29, 0.717) is 0 Å². The molecule has 1 aromatic carbocycles. The van der Waals surface area contributed by atoms with Crippen LogP contribution in [-0.2, 0) is 12.6 Å². The molecule has 0 radical (unpaired) electrons. The Balaban J connectivity index is 2.55. The second-order valence-electron chi connectivity index (χ2n) is 3.94. The van der Waals surface area contributed by atoms with Crippen LogP contribution in [0, 0.1) is 11.6 Å². The molecule has 0 amide bonds. The second kappa shape index (κ2) is 3.89. The van der Waals surface area contributed by atoms with E-state index in [1.807, 2.05) is 0 Å². The molecule has 1 atom stereocenters. The predicted octanol–water partition coefficient (Wildman–Crippen LogP) is 1.35. The van der Waals surface area contributed by atoms with Crippen molar-refractivity contribution < 1.29 is 13.9 Å². The molecule has 0 aliphatic heterocycles. The summed E-state index contributed by atoms with van der Waals surface area (Å²) >= 11 is 0. The minimum Gasteiger partial charge on any atom is -0.377 e. The van der Waals surface area contributed by atoms with E-state index in [4.69, 9.17) is 0 Å². The van der Waals surface area contributed by atoms with Gasteiger partial charge in [0.2, 0.25) is 0 Å². The summed E-state index contributed by atoms with van der Waals surface area (Å²) < 4.78 is 27.6. The zero-order valence-electron chi connectivity index (χ0n) is 9.35. The van der Waals surface area contributed by atoms with Crippen LogP contribution in [0.25, 0.3) is 0 Å². The Labute approximate surface area is 96.5 Å². The van der Waals surface area contributed by atoms with E-state index in [0.717, 1.165) is 18.2 Å². The van der Waals surface area contributed by atoms with E-state index < -0.39 is 17.2 Å². The van der Waals surface area contributed by atoms with Gasteiger partial charge in [-0.25, -0.2) is 13.8 Å². The first-order chi connectivity index (χ1) is 7.91. The molecule has 2 rings (SSSR count). The van der Waals surface area contributed by atoms with Gasteiger partial charge >= 0.3 is 0 Å². The first kappa shape index (κ1) is 11.7. The maximum atomic E-state index is 13.1. The summed E-state index contributed by atoms with van der Waals surface area (Å²) in [5.74, 6) is -1.28. The van der Waals surface area contributed by atoms with Gasteiger partial charge in [0.15, 0.2) is 5.82 Å². The summed E-state index contributed by atoms with van der Waals surface area (Å²) in [6.45, 7) is 1.41. The monoisotopic (exact) mass is 239 g/mol. The maximum absolute atomic E-state index is 13.1. The Kier molecular flexibility index (Phi) is 2.66. The van der Waals surface area contributed by atoms with Crippen molar-refractivity contribution in [3.05, 3.63) is 47.5 Å². The molecule has 2 aromatic rings. The fourth-order valence-corrected chi connectivity index (χ4v) is 1.70. The van der Waals surface area contributed by atoms with Crippen LogP contribution in [0.3, 0.4) is 0 Å². The van der Waals surface area contributed by atoms with Crippen LogP contribution in [0.2, 0.25) is 0 Å². The number of hydrogen-bond donors (Lipinski definition) is 1. The highest BCUT2D eigenvalue weighted by Crippen LogP contribution is 2.28. The molecule has 1 aromatic heterocycles. The highest BCUT2D eigenvalue weighted by Gasteiger charge is 2.31. The number of aliphatic hydroxyl groups is 1. The summed E-state index contributed by atoms with van der Waals surface area (Å²) in [6.07, 6.45) is 1.26. The number of nitrogens with zero attached hydrogens (tertiary/aromatic N) is 3. The predicted molar refractivity (Wildman–Crippen MR) is 56.0 cm³/mol. The summed E-state index contributed by atoms with van der Waals surface area (Å²) in [4.78, 5) is 3.88. The fraction of sp³-hybridized carbons (Fsp3) is 0.273. The van der Waals surface area contributed by atoms with E-state index >= 15 is 0 Å². The second-order valence-corrected chi connectivity index (χ2v) is 3.94. The number of benzene rings is 1. The zero-order valence-corrected chi connectivity index (χ0v) is 9.35. The third-order valence-electron chi connectivity index (χ3n) is 2.57. The molecule has 0 fully saturated rings. The summed E-state index contributed by atoms with van der Waals surface area (Å²) in [7, 11) is 1.59. The number of hydrogen-bond acceptors (Lipinski definition) is 3. The molecule has 4 nitrogen and oxygen atoms in total. The minimum atomic E-state index is -1.60. The number of rotatable bonds is 2. The van der Waals surface area contributed by atoms with E-state index in [9.17, 15) is 13.9 Å². The first-order valence-corrected chi connectivity index (χ1v) is 4.94. The lowest BCUT2D eigenvalue weighted by Crippen LogP contribution is -2.27. The topological polar surface area (TPSA) is 50.9 Å². The van der Waals surface area contributed by atoms with Crippen LogP contribution in [0.1, 0.15) is 18.3 Å². The molecule has 0 spiro atoms. The lowest BCUT2D eigenvalue weighted by atomic mass is 9.95. The van der Waals surface area contributed by atoms with Crippen molar-refractivity contribution in [3.63, 3.8) is 0 Å². The van der Waals surface area contributed by atoms with Crippen LogP contribution in [0.5, 0.6) is 0 Å². The van der Waals surface area contributed by atoms with Crippen molar-refractivity contribution in [2.45, 2.75) is 12.5 Å². The highest BCUT2D eigenvalue weighted by molar-refractivity contribution is 5.29. The molecule has 17 heavy (non-hydrogen) atoms. The van der Waals surface area contributed by atoms with Gasteiger partial charge in [-0.05, 0) is 24.6 Å². The Bertz CT molecular complexity index is 531. The third-order valence-corrected chi connectivity index (χ3v) is 2.57. The lowest BCUT2D eigenvalue weighted by Gasteiger charge is -2.22. The largest absolute Gasteiger partial charge is 0.377 e. The smallest absolute Gasteiger partial charge is 0.162 e. The SMILES string of the molecule is Cn1ncnc1C(C)(O)c1cc(F)cc(F)c1. The average Bonchev–Trinajstić information content (AvgIpc) is 2.63. The summed E-state index contributed by atoms with van der Waals surface area (Å²) in [6, 6.07) is 2.88. The molecule has 90 valence electrons. The average molecular weight is 239 g/mol. The lowest BCUT2D eigenvalue weighted by molar-refractivity contribution is 0.0872. The van der Waals surface area contributed by atoms with Crippen molar-refractivity contribution in [3.8, 4) is 0 Å². The van der Waals surface area contributed by atoms with Gasteiger partial charge in [-0.2, -0.15) is 5.10 Å². The van der Waals surface area contributed by atoms with Crippen LogP contribution >= 0.6 is 0 Å². The molecule has 0 saturated carbocycles. The zero-order chi connectivity index (χ0) is 12.6. The van der Waals surface area contributed by atoms with Gasteiger partial charge < -0.3 is 5.11 Å². The van der Waals surface area contributed by atoms with Crippen molar-refractivity contribution in [2.24, 2.45) is 7.05 Å². The van der Waals surface area contributed by atoms with E-state index in [2.05, 4.69) is 10.1 Å². The van der Waals surface area contributed by atoms with Gasteiger partial charge in [-0.1, -0.05) is 0 Å². The molecule has 0 bridgehead atoms. The van der Waals surface area contributed by atoms with Gasteiger partial charge in [0, 0.05) is 13.1 Å². The van der Waals surface area contributed by atoms with Crippen LogP contribution < -0.4 is 0 Å². The molecule has 0 aliphatic rings. The Morgan fingerprint density at radius 2 is 1.82 bits per heavy atom. The number of halogens is 2. The summed E-state index contributed by atoms with van der Waals surface area (Å²) in [5, 5.41) is 14.1. The van der Waals surface area contributed by atoms with Gasteiger partial charge in [0.05, 0.1) is 0 Å². The van der Waals surface area contributed by atoms with E-state index in [1.54, 1.807) is 7.05 Å². The Hall–Kier alpha value is -1.82. The molecule has 6 heteroatoms.